The Morgan fingerprint density at radius 2 is 1.84 bits per heavy atom. The molecule has 4 nitrogen and oxygen atoms in total. The number of aliphatic hydroxyl groups excluding tert-OH is 1. The summed E-state index contributed by atoms with van der Waals surface area (Å²) in [4.78, 5) is 13.4. The second kappa shape index (κ2) is 6.76. The van der Waals surface area contributed by atoms with E-state index in [1.807, 2.05) is 51.4 Å². The molecule has 1 saturated carbocycles. The van der Waals surface area contributed by atoms with Crippen LogP contribution in [0.2, 0.25) is 0 Å². The van der Waals surface area contributed by atoms with Crippen LogP contribution in [-0.4, -0.2) is 38.9 Å². The summed E-state index contributed by atoms with van der Waals surface area (Å²) in [7, 11) is 4.06. The van der Waals surface area contributed by atoms with Crippen LogP contribution in [0.25, 0.3) is 10.9 Å². The molecular formula is C27H29N2O2+. The number of nitrogens with zero attached hydrogens (tertiary/aromatic N) is 2. The lowest BCUT2D eigenvalue weighted by Crippen LogP contribution is -2.44. The molecule has 158 valence electrons. The number of benzene rings is 2. The van der Waals surface area contributed by atoms with Crippen molar-refractivity contribution in [2.75, 3.05) is 7.05 Å². The minimum Gasteiger partial charge on any atom is -0.387 e. The Morgan fingerprint density at radius 3 is 2.55 bits per heavy atom. The Bertz CT molecular complexity index is 1310. The van der Waals surface area contributed by atoms with E-state index in [9.17, 15) is 9.90 Å². The minimum absolute atomic E-state index is 0.0299. The molecule has 4 heteroatoms. The molecule has 1 fully saturated rings. The van der Waals surface area contributed by atoms with Crippen LogP contribution in [-0.2, 0) is 17.3 Å². The van der Waals surface area contributed by atoms with Gasteiger partial charge in [0.25, 0.3) is 0 Å². The molecule has 0 spiro atoms. The van der Waals surface area contributed by atoms with Crippen LogP contribution in [0.5, 0.6) is 0 Å². The Kier molecular flexibility index (Phi) is 4.35. The van der Waals surface area contributed by atoms with E-state index in [2.05, 4.69) is 47.3 Å². The minimum atomic E-state index is -0.789. The first-order chi connectivity index (χ1) is 14.8. The lowest BCUT2D eigenvalue weighted by atomic mass is 9.68. The molecule has 0 amide bonds. The molecule has 1 aliphatic heterocycles. The highest BCUT2D eigenvalue weighted by atomic mass is 16.3. The van der Waals surface area contributed by atoms with Crippen molar-refractivity contribution in [2.45, 2.75) is 44.6 Å². The molecule has 0 bridgehead atoms. The average Bonchev–Trinajstić information content (AvgIpc) is 3.16. The van der Waals surface area contributed by atoms with Gasteiger partial charge in [0.1, 0.15) is 7.05 Å². The Balaban J connectivity index is 1.58. The maximum Gasteiger partial charge on any atom is 0.209 e. The van der Waals surface area contributed by atoms with Crippen molar-refractivity contribution in [3.63, 3.8) is 0 Å². The summed E-state index contributed by atoms with van der Waals surface area (Å²) >= 11 is 0. The van der Waals surface area contributed by atoms with E-state index in [0.717, 1.165) is 34.3 Å². The van der Waals surface area contributed by atoms with Crippen LogP contribution in [0, 0.1) is 6.92 Å². The second-order valence-corrected chi connectivity index (χ2v) is 9.11. The third-order valence-corrected chi connectivity index (χ3v) is 7.75. The highest BCUT2D eigenvalue weighted by Crippen LogP contribution is 2.46. The largest absolute Gasteiger partial charge is 0.387 e. The smallest absolute Gasteiger partial charge is 0.209 e. The van der Waals surface area contributed by atoms with Gasteiger partial charge in [-0.25, -0.2) is 0 Å². The summed E-state index contributed by atoms with van der Waals surface area (Å²) in [6.45, 7) is 6.43. The molecule has 3 unspecified atom stereocenters. The summed E-state index contributed by atoms with van der Waals surface area (Å²) in [5.74, 6) is -0.470. The number of carbonyl (C=O) groups excluding carboxylic acids is 1. The molecule has 2 aromatic carbocycles. The summed E-state index contributed by atoms with van der Waals surface area (Å²) in [5, 5.41) is 12.2. The number of Topliss-reactive ketones (excluding diaryl/α,β-unsaturated/α-hetero) is 1. The molecule has 0 saturated heterocycles. The van der Waals surface area contributed by atoms with Gasteiger partial charge in [-0.15, -0.1) is 0 Å². The maximum absolute atomic E-state index is 13.4. The number of fused-ring (bicyclic) bond motifs is 2. The zero-order valence-electron chi connectivity index (χ0n) is 18.8. The van der Waals surface area contributed by atoms with Gasteiger partial charge in [-0.2, -0.15) is 4.58 Å². The number of aliphatic hydroxyl groups is 1. The summed E-state index contributed by atoms with van der Waals surface area (Å²) in [6, 6.07) is 16.5. The van der Waals surface area contributed by atoms with Gasteiger partial charge in [0.2, 0.25) is 5.69 Å². The summed E-state index contributed by atoms with van der Waals surface area (Å²) in [6.07, 6.45) is 2.08. The monoisotopic (exact) mass is 413 g/mol. The van der Waals surface area contributed by atoms with E-state index in [-0.39, 0.29) is 11.2 Å². The zero-order valence-corrected chi connectivity index (χ0v) is 18.8. The predicted molar refractivity (Wildman–Crippen MR) is 124 cm³/mol. The quantitative estimate of drug-likeness (QED) is 0.506. The molecule has 2 aliphatic rings. The van der Waals surface area contributed by atoms with E-state index in [0.29, 0.717) is 5.57 Å². The summed E-state index contributed by atoms with van der Waals surface area (Å²) < 4.78 is 4.28. The van der Waals surface area contributed by atoms with Crippen molar-refractivity contribution in [1.29, 1.82) is 0 Å². The molecule has 2 heterocycles. The standard InChI is InChI=1S/C27H29N2O2/c1-6-27(3)19-12-8-10-14-21(19)29(5)22(27)15-18-25(30)24(26(18)31)23-16(2)28(4)20-13-9-7-11-17(20)23/h7-15,24-25,30H,6H2,1-5H3/q+1/b18-15-. The Labute approximate surface area is 183 Å². The van der Waals surface area contributed by atoms with E-state index >= 15 is 0 Å². The van der Waals surface area contributed by atoms with Crippen molar-refractivity contribution in [3.8, 4) is 0 Å². The molecule has 3 atom stereocenters. The Hall–Kier alpha value is -2.98. The fourth-order valence-electron chi connectivity index (χ4n) is 5.59. The SMILES string of the molecule is CCC1(C)C(/C=C2\C(=O)C(c3c(C)n(C)c4ccccc34)C2O)=[N+](C)c2ccccc21. The number of rotatable bonds is 3. The first-order valence-corrected chi connectivity index (χ1v) is 11.0. The normalized spacial score (nSPS) is 26.6. The van der Waals surface area contributed by atoms with E-state index in [4.69, 9.17) is 0 Å². The first-order valence-electron chi connectivity index (χ1n) is 11.0. The molecular weight excluding hydrogens is 384 g/mol. The van der Waals surface area contributed by atoms with Crippen LogP contribution in [0.4, 0.5) is 5.69 Å². The predicted octanol–water partition coefficient (Wildman–Crippen LogP) is 4.54. The topological polar surface area (TPSA) is 45.2 Å². The number of carbonyl (C=O) groups is 1. The lowest BCUT2D eigenvalue weighted by molar-refractivity contribution is -0.401. The summed E-state index contributed by atoms with van der Waals surface area (Å²) in [5.41, 5.74) is 6.94. The van der Waals surface area contributed by atoms with Crippen molar-refractivity contribution >= 4 is 28.1 Å². The molecule has 1 N–H and O–H groups in total. The van der Waals surface area contributed by atoms with Crippen LogP contribution in [0.3, 0.4) is 0 Å². The van der Waals surface area contributed by atoms with Crippen LogP contribution < -0.4 is 0 Å². The third-order valence-electron chi connectivity index (χ3n) is 7.75. The Morgan fingerprint density at radius 1 is 1.16 bits per heavy atom. The zero-order chi connectivity index (χ0) is 22.1. The number of hydrogen-bond donors (Lipinski definition) is 1. The fraction of sp³-hybridized carbons (Fsp3) is 0.333. The van der Waals surface area contributed by atoms with Gasteiger partial charge in [0.05, 0.1) is 17.4 Å². The highest BCUT2D eigenvalue weighted by Gasteiger charge is 2.51. The fourth-order valence-corrected chi connectivity index (χ4v) is 5.59. The lowest BCUT2D eigenvalue weighted by Gasteiger charge is -2.35. The van der Waals surface area contributed by atoms with Gasteiger partial charge >= 0.3 is 0 Å². The number of hydrogen-bond acceptors (Lipinski definition) is 2. The van der Waals surface area contributed by atoms with Crippen LogP contribution in [0.15, 0.2) is 60.2 Å². The van der Waals surface area contributed by atoms with E-state index < -0.39 is 12.0 Å². The highest BCUT2D eigenvalue weighted by molar-refractivity contribution is 6.16. The molecule has 0 radical (unpaired) electrons. The second-order valence-electron chi connectivity index (χ2n) is 9.11. The van der Waals surface area contributed by atoms with Crippen molar-refractivity contribution < 1.29 is 14.5 Å². The molecule has 1 aromatic heterocycles. The van der Waals surface area contributed by atoms with E-state index in [1.165, 1.54) is 11.3 Å². The van der Waals surface area contributed by atoms with Crippen LogP contribution in [0.1, 0.15) is 43.0 Å². The number of ketones is 1. The number of aryl methyl sites for hydroxylation is 1. The molecule has 1 aliphatic carbocycles. The van der Waals surface area contributed by atoms with Gasteiger partial charge < -0.3 is 9.67 Å². The van der Waals surface area contributed by atoms with Crippen LogP contribution >= 0.6 is 0 Å². The maximum atomic E-state index is 13.4. The number of aromatic nitrogens is 1. The third kappa shape index (κ3) is 2.51. The van der Waals surface area contributed by atoms with Gasteiger partial charge in [0.15, 0.2) is 11.5 Å². The van der Waals surface area contributed by atoms with Crippen molar-refractivity contribution in [2.24, 2.45) is 7.05 Å². The van der Waals surface area contributed by atoms with Gasteiger partial charge in [-0.05, 0) is 31.9 Å². The van der Waals surface area contributed by atoms with Gasteiger partial charge in [-0.3, -0.25) is 4.79 Å². The molecule has 5 rings (SSSR count). The van der Waals surface area contributed by atoms with Gasteiger partial charge in [-0.1, -0.05) is 43.3 Å². The number of para-hydroxylation sites is 2. The van der Waals surface area contributed by atoms with Crippen molar-refractivity contribution in [3.05, 3.63) is 77.0 Å². The molecule has 3 aromatic rings. The molecule has 31 heavy (non-hydrogen) atoms. The first kappa shape index (κ1) is 20.0. The van der Waals surface area contributed by atoms with Gasteiger partial charge in [0, 0.05) is 46.9 Å². The van der Waals surface area contributed by atoms with E-state index in [1.54, 1.807) is 0 Å². The average molecular weight is 414 g/mol. The number of allylic oxidation sites excluding steroid dienone is 1. The van der Waals surface area contributed by atoms with Crippen molar-refractivity contribution in [1.82, 2.24) is 4.57 Å².